The zero-order chi connectivity index (χ0) is 14.7. The molecule has 2 aliphatic carbocycles. The molecule has 4 unspecified atom stereocenters. The van der Waals surface area contributed by atoms with E-state index in [0.717, 1.165) is 35.5 Å². The van der Waals surface area contributed by atoms with Gasteiger partial charge < -0.3 is 0 Å². The molecule has 2 rings (SSSR count). The first kappa shape index (κ1) is 16.3. The van der Waals surface area contributed by atoms with Gasteiger partial charge in [-0.05, 0) is 74.0 Å². The molecule has 0 amide bonds. The quantitative estimate of drug-likeness (QED) is 0.593. The van der Waals surface area contributed by atoms with Gasteiger partial charge in [-0.3, -0.25) is 11.3 Å². The summed E-state index contributed by atoms with van der Waals surface area (Å²) in [7, 11) is 0. The molecule has 0 aromatic carbocycles. The van der Waals surface area contributed by atoms with Crippen LogP contribution in [0.15, 0.2) is 0 Å². The Balaban J connectivity index is 1.89. The van der Waals surface area contributed by atoms with Gasteiger partial charge in [-0.25, -0.2) is 0 Å². The third-order valence-corrected chi connectivity index (χ3v) is 6.61. The molecule has 0 aromatic heterocycles. The Bertz CT molecular complexity index is 281. The normalized spacial score (nSPS) is 40.8. The van der Waals surface area contributed by atoms with E-state index in [1.54, 1.807) is 0 Å². The topological polar surface area (TPSA) is 38.0 Å². The highest BCUT2D eigenvalue weighted by Crippen LogP contribution is 2.41. The molecule has 0 radical (unpaired) electrons. The van der Waals surface area contributed by atoms with Gasteiger partial charge in [0.05, 0.1) is 0 Å². The van der Waals surface area contributed by atoms with Crippen molar-refractivity contribution in [3.05, 3.63) is 0 Å². The van der Waals surface area contributed by atoms with Gasteiger partial charge in [0.2, 0.25) is 0 Å². The summed E-state index contributed by atoms with van der Waals surface area (Å²) in [5.41, 5.74) is 3.22. The summed E-state index contributed by atoms with van der Waals surface area (Å²) < 4.78 is 0. The molecule has 0 bridgehead atoms. The molecule has 2 saturated carbocycles. The third-order valence-electron chi connectivity index (χ3n) is 6.61. The Morgan fingerprint density at radius 2 is 1.35 bits per heavy atom. The van der Waals surface area contributed by atoms with E-state index in [1.165, 1.54) is 44.9 Å². The van der Waals surface area contributed by atoms with E-state index in [0.29, 0.717) is 6.04 Å². The predicted octanol–water partition coefficient (Wildman–Crippen LogP) is 4.35. The van der Waals surface area contributed by atoms with Crippen molar-refractivity contribution in [3.63, 3.8) is 0 Å². The van der Waals surface area contributed by atoms with Gasteiger partial charge in [0.15, 0.2) is 0 Å². The summed E-state index contributed by atoms with van der Waals surface area (Å²) >= 11 is 0. The number of hydrogen-bond donors (Lipinski definition) is 2. The number of nitrogens with one attached hydrogen (secondary N) is 1. The lowest BCUT2D eigenvalue weighted by Crippen LogP contribution is -2.49. The smallest absolute Gasteiger partial charge is 0.0267 e. The fourth-order valence-electron chi connectivity index (χ4n) is 4.74. The van der Waals surface area contributed by atoms with Crippen molar-refractivity contribution in [2.24, 2.45) is 41.4 Å². The van der Waals surface area contributed by atoms with E-state index in [9.17, 15) is 0 Å². The highest BCUT2D eigenvalue weighted by Gasteiger charge is 2.36. The average Bonchev–Trinajstić information content (AvgIpc) is 2.44. The van der Waals surface area contributed by atoms with Crippen LogP contribution in [0, 0.1) is 35.5 Å². The van der Waals surface area contributed by atoms with Crippen LogP contribution in [0.3, 0.4) is 0 Å². The molecular weight excluding hydrogens is 244 g/mol. The van der Waals surface area contributed by atoms with Crippen molar-refractivity contribution in [1.29, 1.82) is 0 Å². The molecule has 0 saturated heterocycles. The monoisotopic (exact) mass is 280 g/mol. The molecule has 0 spiro atoms. The van der Waals surface area contributed by atoms with Gasteiger partial charge >= 0.3 is 0 Å². The van der Waals surface area contributed by atoms with Crippen molar-refractivity contribution in [3.8, 4) is 0 Å². The first-order valence-electron chi connectivity index (χ1n) is 8.99. The van der Waals surface area contributed by atoms with Crippen LogP contribution in [-0.4, -0.2) is 6.04 Å². The largest absolute Gasteiger partial charge is 0.271 e. The highest BCUT2D eigenvalue weighted by atomic mass is 15.2. The molecule has 0 aliphatic heterocycles. The SMILES string of the molecule is CC(C)C1CCC(C(NN)C2CCC(C)C(C)C2)CC1. The number of hydrazine groups is 1. The molecule has 2 heteroatoms. The lowest BCUT2D eigenvalue weighted by Gasteiger charge is -2.42. The van der Waals surface area contributed by atoms with Crippen molar-refractivity contribution < 1.29 is 0 Å². The molecule has 4 atom stereocenters. The van der Waals surface area contributed by atoms with Crippen LogP contribution in [0.5, 0.6) is 0 Å². The zero-order valence-corrected chi connectivity index (χ0v) is 14.1. The summed E-state index contributed by atoms with van der Waals surface area (Å²) in [5, 5.41) is 0. The van der Waals surface area contributed by atoms with Crippen molar-refractivity contribution in [1.82, 2.24) is 5.43 Å². The van der Waals surface area contributed by atoms with Crippen molar-refractivity contribution in [2.45, 2.75) is 78.7 Å². The van der Waals surface area contributed by atoms with E-state index in [4.69, 9.17) is 5.84 Å². The maximum Gasteiger partial charge on any atom is 0.0267 e. The fourth-order valence-corrected chi connectivity index (χ4v) is 4.74. The Morgan fingerprint density at radius 1 is 0.800 bits per heavy atom. The molecule has 0 aromatic rings. The molecule has 2 aliphatic rings. The van der Waals surface area contributed by atoms with Crippen LogP contribution in [0.4, 0.5) is 0 Å². The predicted molar refractivity (Wildman–Crippen MR) is 87.1 cm³/mol. The molecule has 0 heterocycles. The van der Waals surface area contributed by atoms with Crippen LogP contribution in [0.1, 0.15) is 72.6 Å². The standard InChI is InChI=1S/C18H36N2/c1-12(2)15-7-9-16(10-8-15)18(20-19)17-6-5-13(3)14(4)11-17/h12-18,20H,5-11,19H2,1-4H3. The minimum Gasteiger partial charge on any atom is -0.271 e. The molecule has 3 N–H and O–H groups in total. The highest BCUT2D eigenvalue weighted by molar-refractivity contribution is 4.89. The van der Waals surface area contributed by atoms with Gasteiger partial charge in [-0.2, -0.15) is 0 Å². The number of nitrogens with two attached hydrogens (primary N) is 1. The second kappa shape index (κ2) is 7.26. The third kappa shape index (κ3) is 3.76. The van der Waals surface area contributed by atoms with E-state index < -0.39 is 0 Å². The van der Waals surface area contributed by atoms with Crippen LogP contribution in [-0.2, 0) is 0 Å². The Labute approximate surface area is 126 Å². The first-order chi connectivity index (χ1) is 9.52. The van der Waals surface area contributed by atoms with Crippen LogP contribution >= 0.6 is 0 Å². The summed E-state index contributed by atoms with van der Waals surface area (Å²) in [6.07, 6.45) is 9.75. The average molecular weight is 280 g/mol. The van der Waals surface area contributed by atoms with Crippen molar-refractivity contribution in [2.75, 3.05) is 0 Å². The fraction of sp³-hybridized carbons (Fsp3) is 1.00. The zero-order valence-electron chi connectivity index (χ0n) is 14.1. The van der Waals surface area contributed by atoms with Gasteiger partial charge in [-0.15, -0.1) is 0 Å². The molecular formula is C18H36N2. The molecule has 2 nitrogen and oxygen atoms in total. The maximum absolute atomic E-state index is 5.96. The second-order valence-electron chi connectivity index (χ2n) is 8.14. The minimum atomic E-state index is 0.568. The van der Waals surface area contributed by atoms with Crippen molar-refractivity contribution >= 4 is 0 Å². The van der Waals surface area contributed by atoms with E-state index in [1.807, 2.05) is 0 Å². The Kier molecular flexibility index (Phi) is 5.92. The lowest BCUT2D eigenvalue weighted by molar-refractivity contribution is 0.108. The van der Waals surface area contributed by atoms with Gasteiger partial charge in [0.25, 0.3) is 0 Å². The Hall–Kier alpha value is -0.0800. The summed E-state index contributed by atoms with van der Waals surface area (Å²) in [5.74, 6) is 11.2. The van der Waals surface area contributed by atoms with Crippen LogP contribution in [0.2, 0.25) is 0 Å². The van der Waals surface area contributed by atoms with E-state index >= 15 is 0 Å². The van der Waals surface area contributed by atoms with Crippen LogP contribution < -0.4 is 11.3 Å². The number of rotatable bonds is 4. The summed E-state index contributed by atoms with van der Waals surface area (Å²) in [6, 6.07) is 0.568. The van der Waals surface area contributed by atoms with E-state index in [-0.39, 0.29) is 0 Å². The molecule has 2 fully saturated rings. The van der Waals surface area contributed by atoms with Gasteiger partial charge in [-0.1, -0.05) is 34.1 Å². The lowest BCUT2D eigenvalue weighted by atomic mass is 9.67. The van der Waals surface area contributed by atoms with E-state index in [2.05, 4.69) is 33.1 Å². The van der Waals surface area contributed by atoms with Crippen LogP contribution in [0.25, 0.3) is 0 Å². The summed E-state index contributed by atoms with van der Waals surface area (Å²) in [6.45, 7) is 9.61. The Morgan fingerprint density at radius 3 is 1.85 bits per heavy atom. The minimum absolute atomic E-state index is 0.568. The maximum atomic E-state index is 5.96. The second-order valence-corrected chi connectivity index (χ2v) is 8.14. The number of hydrogen-bond acceptors (Lipinski definition) is 2. The van der Waals surface area contributed by atoms with Gasteiger partial charge in [0, 0.05) is 6.04 Å². The molecule has 20 heavy (non-hydrogen) atoms. The first-order valence-corrected chi connectivity index (χ1v) is 8.99. The van der Waals surface area contributed by atoms with Gasteiger partial charge in [0.1, 0.15) is 0 Å². The molecule has 118 valence electrons. The summed E-state index contributed by atoms with van der Waals surface area (Å²) in [4.78, 5) is 0.